The number of aliphatic hydroxyl groups excluding tert-OH is 1. The maximum atomic E-state index is 11.7. The predicted molar refractivity (Wildman–Crippen MR) is 72.2 cm³/mol. The fraction of sp³-hybridized carbons (Fsp3) is 0.500. The zero-order valence-electron chi connectivity index (χ0n) is 10.1. The second-order valence-electron chi connectivity index (χ2n) is 4.01. The largest absolute Gasteiger partial charge is 0.396 e. The Morgan fingerprint density at radius 2 is 2.17 bits per heavy atom. The van der Waals surface area contributed by atoms with Crippen LogP contribution in [-0.2, 0) is 4.79 Å². The molecule has 0 aromatic carbocycles. The predicted octanol–water partition coefficient (Wildman–Crippen LogP) is 2.25. The number of amides is 1. The van der Waals surface area contributed by atoms with Crippen molar-refractivity contribution in [3.63, 3.8) is 0 Å². The van der Waals surface area contributed by atoms with Crippen molar-refractivity contribution in [2.24, 2.45) is 0 Å². The second kappa shape index (κ2) is 7.51. The summed E-state index contributed by atoms with van der Waals surface area (Å²) in [4.78, 5) is 23.8. The zero-order chi connectivity index (χ0) is 13.5. The van der Waals surface area contributed by atoms with Crippen LogP contribution >= 0.6 is 22.9 Å². The summed E-state index contributed by atoms with van der Waals surface area (Å²) in [7, 11) is 0. The summed E-state index contributed by atoms with van der Waals surface area (Å²) in [6, 6.07) is 3.26. The molecule has 100 valence electrons. The van der Waals surface area contributed by atoms with E-state index in [1.54, 1.807) is 12.1 Å². The molecule has 2 N–H and O–H groups in total. The van der Waals surface area contributed by atoms with E-state index in [1.165, 1.54) is 11.3 Å². The molecule has 1 aromatic heterocycles. The minimum absolute atomic E-state index is 0.0358. The van der Waals surface area contributed by atoms with E-state index in [0.29, 0.717) is 15.6 Å². The highest BCUT2D eigenvalue weighted by atomic mass is 35.5. The molecule has 18 heavy (non-hydrogen) atoms. The van der Waals surface area contributed by atoms with Gasteiger partial charge in [-0.15, -0.1) is 11.3 Å². The Balaban J connectivity index is 2.32. The highest BCUT2D eigenvalue weighted by molar-refractivity contribution is 7.18. The van der Waals surface area contributed by atoms with E-state index in [-0.39, 0.29) is 37.2 Å². The molecule has 0 bridgehead atoms. The van der Waals surface area contributed by atoms with Gasteiger partial charge in [0.05, 0.1) is 9.21 Å². The summed E-state index contributed by atoms with van der Waals surface area (Å²) in [5.41, 5.74) is 0. The van der Waals surface area contributed by atoms with Crippen LogP contribution < -0.4 is 5.32 Å². The monoisotopic (exact) mass is 289 g/mol. The second-order valence-corrected chi connectivity index (χ2v) is 5.72. The number of carbonyl (C=O) groups excluding carboxylic acids is 2. The van der Waals surface area contributed by atoms with E-state index < -0.39 is 0 Å². The van der Waals surface area contributed by atoms with Gasteiger partial charge in [0.2, 0.25) is 5.91 Å². The Morgan fingerprint density at radius 1 is 1.44 bits per heavy atom. The minimum atomic E-state index is -0.174. The van der Waals surface area contributed by atoms with Gasteiger partial charge in [0.15, 0.2) is 5.78 Å². The van der Waals surface area contributed by atoms with Gasteiger partial charge in [-0.2, -0.15) is 0 Å². The third kappa shape index (κ3) is 5.16. The third-order valence-corrected chi connectivity index (χ3v) is 3.67. The van der Waals surface area contributed by atoms with Crippen molar-refractivity contribution in [3.8, 4) is 0 Å². The molecule has 1 heterocycles. The molecule has 0 saturated carbocycles. The topological polar surface area (TPSA) is 66.4 Å². The fourth-order valence-corrected chi connectivity index (χ4v) is 2.44. The average molecular weight is 290 g/mol. The molecule has 0 radical (unpaired) electrons. The number of rotatable bonds is 7. The van der Waals surface area contributed by atoms with Crippen molar-refractivity contribution in [1.82, 2.24) is 5.32 Å². The van der Waals surface area contributed by atoms with Crippen LogP contribution in [0.4, 0.5) is 0 Å². The number of aliphatic hydroxyl groups is 1. The number of hydrogen-bond acceptors (Lipinski definition) is 4. The first-order chi connectivity index (χ1) is 8.52. The van der Waals surface area contributed by atoms with Crippen LogP contribution in [-0.4, -0.2) is 29.4 Å². The molecule has 6 heteroatoms. The smallest absolute Gasteiger partial charge is 0.220 e. The summed E-state index contributed by atoms with van der Waals surface area (Å²) >= 11 is 6.95. The lowest BCUT2D eigenvalue weighted by atomic mass is 10.1. The Morgan fingerprint density at radius 3 is 2.72 bits per heavy atom. The quantitative estimate of drug-likeness (QED) is 0.757. The highest BCUT2D eigenvalue weighted by Crippen LogP contribution is 2.22. The maximum absolute atomic E-state index is 11.7. The highest BCUT2D eigenvalue weighted by Gasteiger charge is 2.12. The standard InChI is InChI=1S/C12H16ClNO3S/c1-8(6-7-15)14-12(17)5-2-9(16)10-3-4-11(13)18-10/h3-4,8,15H,2,5-7H2,1H3,(H,14,17). The number of halogens is 1. The maximum Gasteiger partial charge on any atom is 0.220 e. The first kappa shape index (κ1) is 15.1. The Hall–Kier alpha value is -0.910. The Bertz CT molecular complexity index is 419. The van der Waals surface area contributed by atoms with Gasteiger partial charge in [0.25, 0.3) is 0 Å². The van der Waals surface area contributed by atoms with Gasteiger partial charge in [-0.05, 0) is 25.5 Å². The van der Waals surface area contributed by atoms with Gasteiger partial charge < -0.3 is 10.4 Å². The lowest BCUT2D eigenvalue weighted by Crippen LogP contribution is -2.33. The van der Waals surface area contributed by atoms with Crippen LogP contribution in [0.1, 0.15) is 35.9 Å². The molecule has 4 nitrogen and oxygen atoms in total. The van der Waals surface area contributed by atoms with Crippen molar-refractivity contribution < 1.29 is 14.7 Å². The average Bonchev–Trinajstić information content (AvgIpc) is 2.73. The van der Waals surface area contributed by atoms with E-state index in [0.717, 1.165) is 0 Å². The van der Waals surface area contributed by atoms with Gasteiger partial charge in [-0.3, -0.25) is 9.59 Å². The van der Waals surface area contributed by atoms with E-state index in [9.17, 15) is 9.59 Å². The molecule has 1 unspecified atom stereocenters. The summed E-state index contributed by atoms with van der Waals surface area (Å²) in [6.45, 7) is 1.85. The first-order valence-electron chi connectivity index (χ1n) is 5.71. The van der Waals surface area contributed by atoms with Crippen molar-refractivity contribution in [2.45, 2.75) is 32.2 Å². The van der Waals surface area contributed by atoms with Crippen molar-refractivity contribution in [2.75, 3.05) is 6.61 Å². The number of thiophene rings is 1. The van der Waals surface area contributed by atoms with Crippen LogP contribution in [0, 0.1) is 0 Å². The minimum Gasteiger partial charge on any atom is -0.396 e. The summed E-state index contributed by atoms with van der Waals surface area (Å²) in [6.07, 6.45) is 0.846. The molecule has 1 rings (SSSR count). The molecule has 0 aliphatic heterocycles. The van der Waals surface area contributed by atoms with Crippen molar-refractivity contribution >= 4 is 34.6 Å². The van der Waals surface area contributed by atoms with E-state index in [4.69, 9.17) is 16.7 Å². The molecule has 1 amide bonds. The normalized spacial score (nSPS) is 12.2. The lowest BCUT2D eigenvalue weighted by molar-refractivity contribution is -0.121. The van der Waals surface area contributed by atoms with Crippen LogP contribution in [0.2, 0.25) is 4.34 Å². The van der Waals surface area contributed by atoms with Gasteiger partial charge >= 0.3 is 0 Å². The number of nitrogens with one attached hydrogen (secondary N) is 1. The Kier molecular flexibility index (Phi) is 6.32. The summed E-state index contributed by atoms with van der Waals surface area (Å²) in [5.74, 6) is -0.246. The van der Waals surface area contributed by atoms with Gasteiger partial charge in [0, 0.05) is 25.5 Å². The number of Topliss-reactive ketones (excluding diaryl/α,β-unsaturated/α-hetero) is 1. The zero-order valence-corrected chi connectivity index (χ0v) is 11.7. The van der Waals surface area contributed by atoms with E-state index in [1.807, 2.05) is 6.92 Å². The number of carbonyl (C=O) groups is 2. The Labute approximate surface area is 115 Å². The first-order valence-corrected chi connectivity index (χ1v) is 6.91. The molecule has 0 fully saturated rings. The number of ketones is 1. The van der Waals surface area contributed by atoms with Gasteiger partial charge in [0.1, 0.15) is 0 Å². The molecule has 0 spiro atoms. The molecule has 0 saturated heterocycles. The SMILES string of the molecule is CC(CCO)NC(=O)CCC(=O)c1ccc(Cl)s1. The molecule has 1 aromatic rings. The molecule has 1 atom stereocenters. The van der Waals surface area contributed by atoms with Gasteiger partial charge in [-0.25, -0.2) is 0 Å². The molecular weight excluding hydrogens is 274 g/mol. The van der Waals surface area contributed by atoms with Crippen LogP contribution in [0.3, 0.4) is 0 Å². The molecule has 0 aliphatic carbocycles. The van der Waals surface area contributed by atoms with Crippen molar-refractivity contribution in [1.29, 1.82) is 0 Å². The van der Waals surface area contributed by atoms with Crippen LogP contribution in [0.5, 0.6) is 0 Å². The molecular formula is C12H16ClNO3S. The van der Waals surface area contributed by atoms with E-state index >= 15 is 0 Å². The summed E-state index contributed by atoms with van der Waals surface area (Å²) < 4.78 is 0.569. The van der Waals surface area contributed by atoms with Crippen LogP contribution in [0.25, 0.3) is 0 Å². The van der Waals surface area contributed by atoms with E-state index in [2.05, 4.69) is 5.32 Å². The fourth-order valence-electron chi connectivity index (χ4n) is 1.43. The van der Waals surface area contributed by atoms with Crippen molar-refractivity contribution in [3.05, 3.63) is 21.3 Å². The third-order valence-electron chi connectivity index (χ3n) is 2.40. The van der Waals surface area contributed by atoms with Crippen LogP contribution in [0.15, 0.2) is 12.1 Å². The lowest BCUT2D eigenvalue weighted by Gasteiger charge is -2.11. The molecule has 0 aliphatic rings. The number of hydrogen-bond donors (Lipinski definition) is 2. The summed E-state index contributed by atoms with van der Waals surface area (Å²) in [5, 5.41) is 11.4. The van der Waals surface area contributed by atoms with Gasteiger partial charge in [-0.1, -0.05) is 11.6 Å².